The minimum atomic E-state index is -3.81. The van der Waals surface area contributed by atoms with Gasteiger partial charge in [-0.15, -0.1) is 11.8 Å². The van der Waals surface area contributed by atoms with Crippen molar-refractivity contribution >= 4 is 51.3 Å². The molecule has 4 fully saturated rings. The molecule has 4 heterocycles. The molecule has 3 amide bonds. The van der Waals surface area contributed by atoms with Crippen molar-refractivity contribution in [3.8, 4) is 0 Å². The van der Waals surface area contributed by atoms with Crippen molar-refractivity contribution in [2.75, 3.05) is 6.79 Å². The minimum absolute atomic E-state index is 0.0191. The number of β-lactam (4-membered cyclic amide) rings is 2. The summed E-state index contributed by atoms with van der Waals surface area (Å²) >= 11 is 1.58. The maximum absolute atomic E-state index is 13.3. The molecule has 5 rings (SSSR count). The first kappa shape index (κ1) is 28.4. The van der Waals surface area contributed by atoms with Crippen LogP contribution < -0.4 is 5.32 Å². The van der Waals surface area contributed by atoms with Gasteiger partial charge >= 0.3 is 11.9 Å². The van der Waals surface area contributed by atoms with Crippen LogP contribution in [0.3, 0.4) is 0 Å². The summed E-state index contributed by atoms with van der Waals surface area (Å²) in [6, 6.07) is 5.89. The molecule has 0 aromatic heterocycles. The van der Waals surface area contributed by atoms with Crippen molar-refractivity contribution in [1.29, 1.82) is 0 Å². The van der Waals surface area contributed by atoms with Gasteiger partial charge in [-0.25, -0.2) is 13.2 Å². The van der Waals surface area contributed by atoms with E-state index in [1.54, 1.807) is 47.0 Å². The zero-order valence-electron chi connectivity index (χ0n) is 22.7. The average molecular weight is 594 g/mol. The van der Waals surface area contributed by atoms with E-state index in [1.165, 1.54) is 13.8 Å². The number of thioether (sulfide) groups is 1. The lowest BCUT2D eigenvalue weighted by atomic mass is 9.95. The number of sulfone groups is 1. The summed E-state index contributed by atoms with van der Waals surface area (Å²) in [6.07, 6.45) is -0.199. The van der Waals surface area contributed by atoms with Crippen LogP contribution in [-0.2, 0) is 43.3 Å². The highest BCUT2D eigenvalue weighted by Gasteiger charge is 2.68. The van der Waals surface area contributed by atoms with Crippen molar-refractivity contribution in [2.24, 2.45) is 0 Å². The van der Waals surface area contributed by atoms with E-state index >= 15 is 0 Å². The Kier molecular flexibility index (Phi) is 6.72. The van der Waals surface area contributed by atoms with Crippen LogP contribution in [0.4, 0.5) is 0 Å². The van der Waals surface area contributed by atoms with Crippen LogP contribution in [0.2, 0.25) is 0 Å². The number of nitrogens with zero attached hydrogens (tertiary/aromatic N) is 2. The highest BCUT2D eigenvalue weighted by molar-refractivity contribution is 8.01. The summed E-state index contributed by atoms with van der Waals surface area (Å²) in [5, 5.41) is 1.35. The normalized spacial score (nSPS) is 31.3. The van der Waals surface area contributed by atoms with Crippen molar-refractivity contribution in [2.45, 2.75) is 85.3 Å². The Balaban J connectivity index is 1.25. The zero-order chi connectivity index (χ0) is 29.4. The first-order valence-electron chi connectivity index (χ1n) is 12.8. The van der Waals surface area contributed by atoms with E-state index in [4.69, 9.17) is 9.47 Å². The number of amides is 3. The number of hydrogen-bond donors (Lipinski definition) is 1. The maximum Gasteiger partial charge on any atom is 0.333 e. The summed E-state index contributed by atoms with van der Waals surface area (Å²) in [7, 11) is -3.81. The molecule has 1 unspecified atom stereocenters. The second-order valence-electron chi connectivity index (χ2n) is 11.4. The van der Waals surface area contributed by atoms with Crippen LogP contribution in [0.25, 0.3) is 0 Å². The molecule has 40 heavy (non-hydrogen) atoms. The zero-order valence-corrected chi connectivity index (χ0v) is 24.3. The SMILES string of the molecule is C[C@@H]1N2C(=O)[C@@H](NC(=O)C(C(=O)OCOC(=O)[C@@H]3N4C(=O)C[C@H]4S(=O)(=O)C3(C)C)c3ccccc3)[C@H]2SC1(C)C. The number of nitrogens with one attached hydrogen (secondary N) is 1. The lowest BCUT2D eigenvalue weighted by molar-refractivity contribution is -0.176. The van der Waals surface area contributed by atoms with E-state index in [2.05, 4.69) is 5.32 Å². The number of carbonyl (C=O) groups excluding carboxylic acids is 5. The molecule has 1 aromatic carbocycles. The Morgan fingerprint density at radius 2 is 1.73 bits per heavy atom. The molecule has 0 radical (unpaired) electrons. The van der Waals surface area contributed by atoms with Gasteiger partial charge in [-0.05, 0) is 40.2 Å². The van der Waals surface area contributed by atoms with Gasteiger partial charge in [0.05, 0.1) is 11.2 Å². The van der Waals surface area contributed by atoms with Crippen LogP contribution in [0.15, 0.2) is 30.3 Å². The number of fused-ring (bicyclic) bond motifs is 2. The molecule has 4 aliphatic rings. The lowest BCUT2D eigenvalue weighted by Gasteiger charge is -2.44. The summed E-state index contributed by atoms with van der Waals surface area (Å²) in [5.41, 5.74) is 0.310. The third kappa shape index (κ3) is 4.09. The quantitative estimate of drug-likeness (QED) is 0.205. The van der Waals surface area contributed by atoms with E-state index in [-0.39, 0.29) is 28.5 Å². The second kappa shape index (κ2) is 9.47. The first-order valence-corrected chi connectivity index (χ1v) is 15.3. The fourth-order valence-electron chi connectivity index (χ4n) is 5.69. The fraction of sp³-hybridized carbons (Fsp3) is 0.577. The predicted octanol–water partition coefficient (Wildman–Crippen LogP) is 0.515. The number of carbonyl (C=O) groups is 5. The molecule has 14 heteroatoms. The molecule has 0 aliphatic carbocycles. The summed E-state index contributed by atoms with van der Waals surface area (Å²) in [4.78, 5) is 66.9. The Bertz CT molecular complexity index is 1400. The predicted molar refractivity (Wildman–Crippen MR) is 142 cm³/mol. The Morgan fingerprint density at radius 3 is 2.35 bits per heavy atom. The number of rotatable bonds is 7. The number of esters is 2. The van der Waals surface area contributed by atoms with Gasteiger partial charge in [0.1, 0.15) is 22.8 Å². The standard InChI is InChI=1S/C26H31N3O9S2/c1-13-25(2,3)39-22-18(21(32)28(13)22)27-20(31)17(14-9-7-6-8-10-14)23(33)37-12-38-24(34)19-26(4,5)40(35,36)16-11-15(30)29(16)19/h6-10,13,16-19,22H,11-12H2,1-5H3,(H,27,31)/t13-,16+,17?,18+,19-,22+/m0/s1. The average Bonchev–Trinajstić information content (AvgIpc) is 3.16. The van der Waals surface area contributed by atoms with Crippen LogP contribution in [0, 0.1) is 0 Å². The molecule has 0 bridgehead atoms. The maximum atomic E-state index is 13.3. The number of ether oxygens (including phenoxy) is 2. The lowest BCUT2D eigenvalue weighted by Crippen LogP contribution is -2.69. The summed E-state index contributed by atoms with van der Waals surface area (Å²) < 4.78 is 33.9. The molecule has 1 N–H and O–H groups in total. The van der Waals surface area contributed by atoms with E-state index in [0.717, 1.165) is 4.90 Å². The monoisotopic (exact) mass is 593 g/mol. The molecule has 1 aromatic rings. The molecular formula is C26H31N3O9S2. The fourth-order valence-corrected chi connectivity index (χ4v) is 9.47. The first-order chi connectivity index (χ1) is 18.6. The van der Waals surface area contributed by atoms with E-state index in [9.17, 15) is 32.4 Å². The van der Waals surface area contributed by atoms with Crippen LogP contribution in [-0.4, -0.2) is 93.0 Å². The molecule has 216 valence electrons. The van der Waals surface area contributed by atoms with Crippen molar-refractivity contribution in [3.63, 3.8) is 0 Å². The van der Waals surface area contributed by atoms with Gasteiger partial charge in [-0.1, -0.05) is 30.3 Å². The molecule has 6 atom stereocenters. The van der Waals surface area contributed by atoms with E-state index in [1.807, 2.05) is 20.8 Å². The van der Waals surface area contributed by atoms with E-state index < -0.39 is 68.5 Å². The molecule has 12 nitrogen and oxygen atoms in total. The second-order valence-corrected chi connectivity index (χ2v) is 15.9. The van der Waals surface area contributed by atoms with Gasteiger partial charge in [0.25, 0.3) is 0 Å². The highest BCUT2D eigenvalue weighted by Crippen LogP contribution is 2.50. The van der Waals surface area contributed by atoms with Gasteiger partial charge in [0, 0.05) is 10.8 Å². The third-order valence-electron chi connectivity index (χ3n) is 8.46. The molecule has 0 saturated carbocycles. The Morgan fingerprint density at radius 1 is 1.07 bits per heavy atom. The summed E-state index contributed by atoms with van der Waals surface area (Å²) in [6.45, 7) is 7.79. The Labute approximate surface area is 236 Å². The van der Waals surface area contributed by atoms with Gasteiger partial charge < -0.3 is 24.6 Å². The molecular weight excluding hydrogens is 562 g/mol. The number of benzene rings is 1. The van der Waals surface area contributed by atoms with E-state index in [0.29, 0.717) is 5.56 Å². The van der Waals surface area contributed by atoms with Crippen molar-refractivity contribution in [1.82, 2.24) is 15.1 Å². The largest absolute Gasteiger partial charge is 0.427 e. The Hall–Kier alpha value is -3.13. The topological polar surface area (TPSA) is 156 Å². The van der Waals surface area contributed by atoms with Gasteiger partial charge in [-0.3, -0.25) is 19.2 Å². The van der Waals surface area contributed by atoms with Gasteiger partial charge in [0.15, 0.2) is 15.8 Å². The smallest absolute Gasteiger partial charge is 0.333 e. The molecule has 0 spiro atoms. The van der Waals surface area contributed by atoms with Crippen LogP contribution in [0.5, 0.6) is 0 Å². The van der Waals surface area contributed by atoms with Gasteiger partial charge in [-0.2, -0.15) is 0 Å². The third-order valence-corrected chi connectivity index (χ3v) is 12.9. The van der Waals surface area contributed by atoms with Crippen molar-refractivity contribution in [3.05, 3.63) is 35.9 Å². The highest BCUT2D eigenvalue weighted by atomic mass is 32.2. The van der Waals surface area contributed by atoms with Crippen LogP contribution >= 0.6 is 11.8 Å². The molecule has 4 aliphatic heterocycles. The molecule has 4 saturated heterocycles. The number of hydrogen-bond acceptors (Lipinski definition) is 10. The van der Waals surface area contributed by atoms with Crippen molar-refractivity contribution < 1.29 is 41.9 Å². The van der Waals surface area contributed by atoms with Gasteiger partial charge in [0.2, 0.25) is 24.5 Å². The summed E-state index contributed by atoms with van der Waals surface area (Å²) in [5.74, 6) is -4.97. The van der Waals surface area contributed by atoms with Crippen LogP contribution in [0.1, 0.15) is 52.5 Å². The minimum Gasteiger partial charge on any atom is -0.427 e.